The molecule has 1 aromatic heterocycles. The minimum Gasteiger partial charge on any atom is -0.491 e. The zero-order valence-electron chi connectivity index (χ0n) is 11.8. The summed E-state index contributed by atoms with van der Waals surface area (Å²) in [5, 5.41) is 4.27. The molecule has 0 bridgehead atoms. The third-order valence-electron chi connectivity index (χ3n) is 2.83. The van der Waals surface area contributed by atoms with E-state index in [1.165, 1.54) is 4.68 Å². The number of aromatic nitrogens is 2. The van der Waals surface area contributed by atoms with Gasteiger partial charge in [-0.15, -0.1) is 0 Å². The maximum absolute atomic E-state index is 11.8. The minimum atomic E-state index is -0.108. The van der Waals surface area contributed by atoms with Crippen molar-refractivity contribution in [2.45, 2.75) is 25.7 Å². The first-order valence-electron chi connectivity index (χ1n) is 6.46. The largest absolute Gasteiger partial charge is 0.491 e. The number of hydrogen-bond acceptors (Lipinski definition) is 4. The first kappa shape index (κ1) is 14.7. The molecule has 2 aromatic rings. The Balaban J connectivity index is 2.37. The Morgan fingerprint density at radius 2 is 1.95 bits per heavy atom. The molecule has 0 atom stereocenters. The zero-order chi connectivity index (χ0) is 14.7. The minimum absolute atomic E-state index is 0.108. The van der Waals surface area contributed by atoms with Gasteiger partial charge in [0, 0.05) is 23.9 Å². The molecule has 1 heterocycles. The molecule has 106 valence electrons. The van der Waals surface area contributed by atoms with E-state index in [0.29, 0.717) is 11.3 Å². The van der Waals surface area contributed by atoms with Gasteiger partial charge in [-0.05, 0) is 44.2 Å². The Kier molecular flexibility index (Phi) is 4.49. The van der Waals surface area contributed by atoms with Crippen LogP contribution in [0.1, 0.15) is 19.4 Å². The van der Waals surface area contributed by atoms with E-state index >= 15 is 0 Å². The summed E-state index contributed by atoms with van der Waals surface area (Å²) in [7, 11) is 1.65. The average Bonchev–Trinajstić information content (AvgIpc) is 2.42. The molecule has 2 rings (SSSR count). The third kappa shape index (κ3) is 3.22. The van der Waals surface area contributed by atoms with Crippen LogP contribution in [0, 0.1) is 0 Å². The summed E-state index contributed by atoms with van der Waals surface area (Å²) >= 11 is 4.18. The maximum atomic E-state index is 11.8. The van der Waals surface area contributed by atoms with E-state index < -0.39 is 0 Å². The number of hydrogen-bond donors (Lipinski definition) is 1. The van der Waals surface area contributed by atoms with E-state index in [1.54, 1.807) is 13.1 Å². The highest BCUT2D eigenvalue weighted by Gasteiger charge is 2.07. The van der Waals surface area contributed by atoms with E-state index in [-0.39, 0.29) is 11.7 Å². The molecule has 0 unspecified atom stereocenters. The van der Waals surface area contributed by atoms with Crippen molar-refractivity contribution in [1.29, 1.82) is 0 Å². The van der Waals surface area contributed by atoms with Crippen LogP contribution in [0.15, 0.2) is 35.1 Å². The molecule has 0 N–H and O–H groups in total. The average molecular weight is 290 g/mol. The van der Waals surface area contributed by atoms with Gasteiger partial charge >= 0.3 is 0 Å². The summed E-state index contributed by atoms with van der Waals surface area (Å²) in [4.78, 5) is 11.8. The van der Waals surface area contributed by atoms with Crippen molar-refractivity contribution in [3.05, 3.63) is 46.2 Å². The van der Waals surface area contributed by atoms with Gasteiger partial charge in [0.2, 0.25) is 0 Å². The Hall–Kier alpha value is -1.75. The molecule has 0 spiro atoms. The summed E-state index contributed by atoms with van der Waals surface area (Å²) in [5.41, 5.74) is 2.24. The molecular formula is C15H18N2O2S. The van der Waals surface area contributed by atoms with Gasteiger partial charge in [-0.1, -0.05) is 0 Å². The summed E-state index contributed by atoms with van der Waals surface area (Å²) < 4.78 is 6.95. The third-order valence-corrected chi connectivity index (χ3v) is 3.17. The highest BCUT2D eigenvalue weighted by atomic mass is 32.1. The molecule has 1 aromatic carbocycles. The topological polar surface area (TPSA) is 44.1 Å². The molecule has 0 saturated carbocycles. The van der Waals surface area contributed by atoms with Crippen molar-refractivity contribution >= 4 is 12.6 Å². The first-order chi connectivity index (χ1) is 9.51. The van der Waals surface area contributed by atoms with E-state index in [4.69, 9.17) is 4.74 Å². The predicted octanol–water partition coefficient (Wildman–Crippen LogP) is 2.66. The van der Waals surface area contributed by atoms with Gasteiger partial charge < -0.3 is 4.74 Å². The van der Waals surface area contributed by atoms with Gasteiger partial charge in [-0.25, -0.2) is 4.68 Å². The molecular weight excluding hydrogens is 272 g/mol. The summed E-state index contributed by atoms with van der Waals surface area (Å²) in [6.07, 6.45) is 0.146. The Morgan fingerprint density at radius 3 is 2.50 bits per heavy atom. The smallest absolute Gasteiger partial charge is 0.270 e. The Morgan fingerprint density at radius 1 is 1.30 bits per heavy atom. The van der Waals surface area contributed by atoms with Gasteiger partial charge in [0.05, 0.1) is 11.8 Å². The van der Waals surface area contributed by atoms with Crippen molar-refractivity contribution in [2.24, 2.45) is 7.05 Å². The molecule has 0 radical (unpaired) electrons. The van der Waals surface area contributed by atoms with Crippen LogP contribution in [0.2, 0.25) is 0 Å². The van der Waals surface area contributed by atoms with E-state index in [0.717, 1.165) is 17.0 Å². The van der Waals surface area contributed by atoms with Crippen molar-refractivity contribution in [3.8, 4) is 17.0 Å². The maximum Gasteiger partial charge on any atom is 0.270 e. The predicted molar refractivity (Wildman–Crippen MR) is 83.4 cm³/mol. The number of aryl methyl sites for hydroxylation is 1. The van der Waals surface area contributed by atoms with Crippen molar-refractivity contribution < 1.29 is 4.74 Å². The lowest BCUT2D eigenvalue weighted by molar-refractivity contribution is 0.242. The van der Waals surface area contributed by atoms with Crippen molar-refractivity contribution in [3.63, 3.8) is 0 Å². The number of rotatable bonds is 4. The monoisotopic (exact) mass is 290 g/mol. The summed E-state index contributed by atoms with van der Waals surface area (Å²) in [6, 6.07) is 9.47. The molecule has 0 aliphatic heterocycles. The Labute approximate surface area is 123 Å². The second-order valence-electron chi connectivity index (χ2n) is 4.83. The van der Waals surface area contributed by atoms with Gasteiger partial charge in [0.25, 0.3) is 5.56 Å². The van der Waals surface area contributed by atoms with Crippen LogP contribution < -0.4 is 10.3 Å². The molecule has 0 aliphatic rings. The fraction of sp³-hybridized carbons (Fsp3) is 0.333. The molecule has 0 fully saturated rings. The molecule has 0 aliphatic carbocycles. The quantitative estimate of drug-likeness (QED) is 0.880. The fourth-order valence-corrected chi connectivity index (χ4v) is 2.13. The molecule has 20 heavy (non-hydrogen) atoms. The zero-order valence-corrected chi connectivity index (χ0v) is 12.7. The normalized spacial score (nSPS) is 10.8. The summed E-state index contributed by atoms with van der Waals surface area (Å²) in [6.45, 7) is 3.98. The van der Waals surface area contributed by atoms with E-state index in [1.807, 2.05) is 38.1 Å². The van der Waals surface area contributed by atoms with Gasteiger partial charge in [-0.2, -0.15) is 17.7 Å². The number of thiol groups is 1. The van der Waals surface area contributed by atoms with Crippen LogP contribution in [0.4, 0.5) is 0 Å². The van der Waals surface area contributed by atoms with Crippen LogP contribution in [-0.4, -0.2) is 15.9 Å². The first-order valence-corrected chi connectivity index (χ1v) is 7.09. The highest BCUT2D eigenvalue weighted by molar-refractivity contribution is 7.79. The second kappa shape index (κ2) is 6.13. The summed E-state index contributed by atoms with van der Waals surface area (Å²) in [5.74, 6) is 1.22. The van der Waals surface area contributed by atoms with Gasteiger partial charge in [0.15, 0.2) is 0 Å². The van der Waals surface area contributed by atoms with Crippen molar-refractivity contribution in [2.75, 3.05) is 0 Å². The highest BCUT2D eigenvalue weighted by Crippen LogP contribution is 2.21. The number of ether oxygens (including phenoxy) is 1. The van der Waals surface area contributed by atoms with Crippen LogP contribution in [0.3, 0.4) is 0 Å². The van der Waals surface area contributed by atoms with E-state index in [2.05, 4.69) is 17.7 Å². The molecule has 4 nitrogen and oxygen atoms in total. The Bertz CT molecular complexity index is 648. The number of nitrogens with zero attached hydrogens (tertiary/aromatic N) is 2. The second-order valence-corrected chi connectivity index (χ2v) is 5.15. The van der Waals surface area contributed by atoms with Crippen molar-refractivity contribution in [1.82, 2.24) is 9.78 Å². The van der Waals surface area contributed by atoms with Gasteiger partial charge in [0.1, 0.15) is 5.75 Å². The lowest BCUT2D eigenvalue weighted by Gasteiger charge is -2.10. The fourth-order valence-electron chi connectivity index (χ4n) is 1.90. The van der Waals surface area contributed by atoms with Crippen LogP contribution in [0.25, 0.3) is 11.3 Å². The SMILES string of the molecule is CC(C)Oc1ccc(-c2cc(CS)c(=O)n(C)n2)cc1. The standard InChI is InChI=1S/C15H18N2O2S/c1-10(2)19-13-6-4-11(5-7-13)14-8-12(9-20)15(18)17(3)16-14/h4-8,10,20H,9H2,1-3H3. The van der Waals surface area contributed by atoms with Crippen LogP contribution in [-0.2, 0) is 12.8 Å². The van der Waals surface area contributed by atoms with E-state index in [9.17, 15) is 4.79 Å². The van der Waals surface area contributed by atoms with Gasteiger partial charge in [-0.3, -0.25) is 4.79 Å². The lowest BCUT2D eigenvalue weighted by atomic mass is 10.1. The lowest BCUT2D eigenvalue weighted by Crippen LogP contribution is -2.23. The number of benzene rings is 1. The van der Waals surface area contributed by atoms with Crippen LogP contribution in [0.5, 0.6) is 5.75 Å². The molecule has 5 heteroatoms. The molecule has 0 amide bonds. The molecule has 0 saturated heterocycles. The van der Waals surface area contributed by atoms with Crippen LogP contribution >= 0.6 is 12.6 Å².